The van der Waals surface area contributed by atoms with Crippen molar-refractivity contribution in [2.24, 2.45) is 11.8 Å². The minimum atomic E-state index is 0.145. The van der Waals surface area contributed by atoms with Crippen molar-refractivity contribution in [2.75, 3.05) is 39.3 Å². The monoisotopic (exact) mass is 361 g/mol. The van der Waals surface area contributed by atoms with Crippen molar-refractivity contribution in [1.82, 2.24) is 14.8 Å². The van der Waals surface area contributed by atoms with E-state index in [-0.39, 0.29) is 30.6 Å². The van der Waals surface area contributed by atoms with E-state index in [1.54, 1.807) is 6.20 Å². The Morgan fingerprint density at radius 2 is 1.96 bits per heavy atom. The van der Waals surface area contributed by atoms with Crippen molar-refractivity contribution in [1.29, 1.82) is 0 Å². The molecule has 2 saturated heterocycles. The van der Waals surface area contributed by atoms with Gasteiger partial charge in [-0.1, -0.05) is 6.07 Å². The maximum Gasteiger partial charge on any atom is 0.222 e. The number of likely N-dealkylation sites (tertiary alicyclic amines) is 1. The molecule has 4 atom stereocenters. The summed E-state index contributed by atoms with van der Waals surface area (Å²) < 4.78 is 5.81. The number of aliphatic hydroxyl groups excluding tert-OH is 1. The van der Waals surface area contributed by atoms with Crippen LogP contribution in [0.25, 0.3) is 0 Å². The van der Waals surface area contributed by atoms with Crippen molar-refractivity contribution in [2.45, 2.75) is 38.9 Å². The maximum absolute atomic E-state index is 12.6. The van der Waals surface area contributed by atoms with E-state index in [9.17, 15) is 9.90 Å². The Morgan fingerprint density at radius 1 is 1.23 bits per heavy atom. The first-order chi connectivity index (χ1) is 12.5. The minimum Gasteiger partial charge on any atom is -0.396 e. The van der Waals surface area contributed by atoms with Crippen molar-refractivity contribution in [3.8, 4) is 0 Å². The second-order valence-electron chi connectivity index (χ2n) is 7.84. The zero-order valence-electron chi connectivity index (χ0n) is 15.9. The molecule has 3 rings (SSSR count). The summed E-state index contributed by atoms with van der Waals surface area (Å²) in [7, 11) is 0. The molecule has 2 aliphatic rings. The number of carbonyl (C=O) groups excluding carboxylic acids is 1. The van der Waals surface area contributed by atoms with E-state index in [0.29, 0.717) is 18.9 Å². The first-order valence-electron chi connectivity index (χ1n) is 9.70. The molecule has 1 amide bonds. The van der Waals surface area contributed by atoms with Gasteiger partial charge in [0.1, 0.15) is 0 Å². The molecule has 3 heterocycles. The first-order valence-corrected chi connectivity index (χ1v) is 9.70. The summed E-state index contributed by atoms with van der Waals surface area (Å²) in [4.78, 5) is 21.1. The average molecular weight is 361 g/mol. The molecule has 1 aromatic heterocycles. The minimum absolute atomic E-state index is 0.145. The maximum atomic E-state index is 12.6. The van der Waals surface area contributed by atoms with Crippen molar-refractivity contribution in [3.05, 3.63) is 30.1 Å². The highest BCUT2D eigenvalue weighted by Crippen LogP contribution is 2.26. The normalized spacial score (nSPS) is 29.9. The number of ether oxygens (including phenoxy) is 1. The van der Waals surface area contributed by atoms with E-state index in [4.69, 9.17) is 4.74 Å². The topological polar surface area (TPSA) is 65.9 Å². The molecule has 0 aromatic carbocycles. The number of hydrogen-bond acceptors (Lipinski definition) is 5. The molecular weight excluding hydrogens is 330 g/mol. The SMILES string of the molecule is C[C@@H]1CN(C[C@H]2CN(C(=O)CCc3cccnc3)C[C@H]2CO)C[C@H](C)O1. The Kier molecular flexibility index (Phi) is 6.62. The quantitative estimate of drug-likeness (QED) is 0.825. The number of morpholine rings is 1. The summed E-state index contributed by atoms with van der Waals surface area (Å²) in [5.41, 5.74) is 1.09. The highest BCUT2D eigenvalue weighted by atomic mass is 16.5. The molecule has 0 radical (unpaired) electrons. The highest BCUT2D eigenvalue weighted by Gasteiger charge is 2.36. The summed E-state index contributed by atoms with van der Waals surface area (Å²) >= 11 is 0. The lowest BCUT2D eigenvalue weighted by Crippen LogP contribution is -2.48. The van der Waals surface area contributed by atoms with Crippen LogP contribution in [0.1, 0.15) is 25.8 Å². The van der Waals surface area contributed by atoms with E-state index in [1.165, 1.54) is 0 Å². The third-order valence-corrected chi connectivity index (χ3v) is 5.50. The van der Waals surface area contributed by atoms with Gasteiger partial charge in [-0.3, -0.25) is 14.7 Å². The summed E-state index contributed by atoms with van der Waals surface area (Å²) in [5.74, 6) is 0.684. The third kappa shape index (κ3) is 5.02. The van der Waals surface area contributed by atoms with Crippen LogP contribution in [0.4, 0.5) is 0 Å². The Morgan fingerprint density at radius 3 is 2.62 bits per heavy atom. The van der Waals surface area contributed by atoms with Gasteiger partial charge in [0, 0.05) is 64.1 Å². The zero-order valence-corrected chi connectivity index (χ0v) is 15.9. The largest absolute Gasteiger partial charge is 0.396 e. The summed E-state index contributed by atoms with van der Waals surface area (Å²) in [6.45, 7) is 8.55. The molecule has 0 bridgehead atoms. The van der Waals surface area contributed by atoms with Gasteiger partial charge in [-0.2, -0.15) is 0 Å². The van der Waals surface area contributed by atoms with Crippen molar-refractivity contribution in [3.63, 3.8) is 0 Å². The second-order valence-corrected chi connectivity index (χ2v) is 7.84. The molecule has 6 heteroatoms. The number of rotatable bonds is 6. The van der Waals surface area contributed by atoms with Gasteiger partial charge >= 0.3 is 0 Å². The Hall–Kier alpha value is -1.50. The predicted molar refractivity (Wildman–Crippen MR) is 99.7 cm³/mol. The first kappa shape index (κ1) is 19.3. The van der Waals surface area contributed by atoms with E-state index in [1.807, 2.05) is 23.2 Å². The van der Waals surface area contributed by atoms with Gasteiger partial charge < -0.3 is 14.7 Å². The fraction of sp³-hybridized carbons (Fsp3) is 0.700. The van der Waals surface area contributed by atoms with Crippen molar-refractivity contribution >= 4 is 5.91 Å². The third-order valence-electron chi connectivity index (χ3n) is 5.50. The van der Waals surface area contributed by atoms with E-state index in [0.717, 1.165) is 38.2 Å². The smallest absolute Gasteiger partial charge is 0.222 e. The average Bonchev–Trinajstić information content (AvgIpc) is 3.02. The van der Waals surface area contributed by atoms with E-state index < -0.39 is 0 Å². The Labute approximate surface area is 156 Å². The lowest BCUT2D eigenvalue weighted by Gasteiger charge is -2.37. The van der Waals surface area contributed by atoms with Gasteiger partial charge in [-0.25, -0.2) is 0 Å². The number of carbonyl (C=O) groups is 1. The number of pyridine rings is 1. The second kappa shape index (κ2) is 8.93. The zero-order chi connectivity index (χ0) is 18.5. The Balaban J connectivity index is 1.52. The summed E-state index contributed by atoms with van der Waals surface area (Å²) in [6.07, 6.45) is 5.26. The van der Waals surface area contributed by atoms with Crippen LogP contribution in [0.2, 0.25) is 0 Å². The summed E-state index contributed by atoms with van der Waals surface area (Å²) in [5, 5.41) is 9.79. The fourth-order valence-corrected chi connectivity index (χ4v) is 4.28. The van der Waals surface area contributed by atoms with Crippen LogP contribution in [-0.4, -0.2) is 77.3 Å². The molecule has 0 unspecified atom stereocenters. The molecular formula is C20H31N3O3. The van der Waals surface area contributed by atoms with Gasteiger partial charge in [-0.05, 0) is 37.8 Å². The summed E-state index contributed by atoms with van der Waals surface area (Å²) in [6, 6.07) is 3.90. The molecule has 0 saturated carbocycles. The van der Waals surface area contributed by atoms with Gasteiger partial charge in [0.15, 0.2) is 0 Å². The van der Waals surface area contributed by atoms with Gasteiger partial charge in [0.25, 0.3) is 0 Å². The molecule has 0 spiro atoms. The van der Waals surface area contributed by atoms with Gasteiger partial charge in [0.05, 0.1) is 12.2 Å². The highest BCUT2D eigenvalue weighted by molar-refractivity contribution is 5.76. The molecule has 144 valence electrons. The lowest BCUT2D eigenvalue weighted by atomic mass is 9.96. The number of hydrogen-bond donors (Lipinski definition) is 1. The van der Waals surface area contributed by atoms with Crippen LogP contribution in [-0.2, 0) is 16.0 Å². The standard InChI is InChI=1S/C20H31N3O3/c1-15-9-22(10-16(2)26-15)11-18-12-23(13-19(18)14-24)20(25)6-5-17-4-3-7-21-8-17/h3-4,7-8,15-16,18-19,24H,5-6,9-14H2,1-2H3/t15-,16+,18-,19-/m0/s1. The molecule has 2 fully saturated rings. The molecule has 2 aliphatic heterocycles. The number of amides is 1. The number of nitrogens with zero attached hydrogens (tertiary/aromatic N) is 3. The number of aliphatic hydroxyl groups is 1. The van der Waals surface area contributed by atoms with Gasteiger partial charge in [0.2, 0.25) is 5.91 Å². The number of aromatic nitrogens is 1. The van der Waals surface area contributed by atoms with Crippen LogP contribution in [0, 0.1) is 11.8 Å². The predicted octanol–water partition coefficient (Wildman–Crippen LogP) is 1.19. The molecule has 1 N–H and O–H groups in total. The lowest BCUT2D eigenvalue weighted by molar-refractivity contribution is -0.130. The van der Waals surface area contributed by atoms with E-state index in [2.05, 4.69) is 23.7 Å². The van der Waals surface area contributed by atoms with E-state index >= 15 is 0 Å². The van der Waals surface area contributed by atoms with Crippen molar-refractivity contribution < 1.29 is 14.6 Å². The molecule has 0 aliphatic carbocycles. The van der Waals surface area contributed by atoms with Gasteiger partial charge in [-0.15, -0.1) is 0 Å². The Bertz CT molecular complexity index is 573. The molecule has 6 nitrogen and oxygen atoms in total. The van der Waals surface area contributed by atoms with Crippen LogP contribution < -0.4 is 0 Å². The molecule has 26 heavy (non-hydrogen) atoms. The van der Waals surface area contributed by atoms with Crippen LogP contribution in [0.5, 0.6) is 0 Å². The number of aryl methyl sites for hydroxylation is 1. The van der Waals surface area contributed by atoms with Crippen LogP contribution in [0.3, 0.4) is 0 Å². The van der Waals surface area contributed by atoms with Crippen LogP contribution in [0.15, 0.2) is 24.5 Å². The fourth-order valence-electron chi connectivity index (χ4n) is 4.28. The van der Waals surface area contributed by atoms with Crippen LogP contribution >= 0.6 is 0 Å². The molecule has 1 aromatic rings.